The van der Waals surface area contributed by atoms with Crippen molar-refractivity contribution < 1.29 is 46.0 Å². The Morgan fingerprint density at radius 3 is 2.33 bits per heavy atom. The summed E-state index contributed by atoms with van der Waals surface area (Å²) in [7, 11) is 1.59. The summed E-state index contributed by atoms with van der Waals surface area (Å²) < 4.78 is 83.8. The molecule has 0 spiro atoms. The number of nitrogens with zero attached hydrogens (tertiary/aromatic N) is 1. The van der Waals surface area contributed by atoms with Gasteiger partial charge in [-0.1, -0.05) is 37.6 Å². The molecule has 0 radical (unpaired) electrons. The van der Waals surface area contributed by atoms with E-state index in [1.54, 1.807) is 19.2 Å². The van der Waals surface area contributed by atoms with Crippen LogP contribution in [0.4, 0.5) is 23.2 Å². The second-order valence-corrected chi connectivity index (χ2v) is 10.7. The third-order valence-electron chi connectivity index (χ3n) is 7.09. The van der Waals surface area contributed by atoms with Crippen LogP contribution in [0.1, 0.15) is 43.4 Å². The van der Waals surface area contributed by atoms with Gasteiger partial charge in [0, 0.05) is 24.1 Å². The van der Waals surface area contributed by atoms with Crippen LogP contribution in [0.5, 0.6) is 23.1 Å². The average Bonchev–Trinajstić information content (AvgIpc) is 3.07. The first-order valence-electron chi connectivity index (χ1n) is 15.5. The highest BCUT2D eigenvalue weighted by Crippen LogP contribution is 2.38. The number of carbonyl (C=O) groups is 1. The van der Waals surface area contributed by atoms with E-state index >= 15 is 4.39 Å². The number of aromatic nitrogens is 1. The third kappa shape index (κ3) is 10.3. The van der Waals surface area contributed by atoms with E-state index in [0.717, 1.165) is 36.3 Å². The van der Waals surface area contributed by atoms with Crippen molar-refractivity contribution in [2.75, 3.05) is 38.9 Å². The van der Waals surface area contributed by atoms with Crippen LogP contribution in [0.3, 0.4) is 0 Å². The van der Waals surface area contributed by atoms with Crippen molar-refractivity contribution in [2.24, 2.45) is 0 Å². The van der Waals surface area contributed by atoms with E-state index in [4.69, 9.17) is 23.7 Å². The minimum atomic E-state index is -4.72. The topological polar surface area (TPSA) is 88.1 Å². The van der Waals surface area contributed by atoms with Crippen molar-refractivity contribution in [3.63, 3.8) is 0 Å². The molecule has 0 saturated carbocycles. The maximum absolute atomic E-state index is 15.2. The maximum atomic E-state index is 15.2. The lowest BCUT2D eigenvalue weighted by atomic mass is 10.0. The highest BCUT2D eigenvalue weighted by Gasteiger charge is 2.35. The zero-order valence-corrected chi connectivity index (χ0v) is 27.0. The van der Waals surface area contributed by atoms with Gasteiger partial charge in [-0.05, 0) is 72.5 Å². The van der Waals surface area contributed by atoms with Crippen LogP contribution < -0.4 is 24.3 Å². The van der Waals surface area contributed by atoms with Gasteiger partial charge in [0.15, 0.2) is 5.75 Å². The van der Waals surface area contributed by atoms with Crippen LogP contribution in [0.25, 0.3) is 11.1 Å². The van der Waals surface area contributed by atoms with Gasteiger partial charge >= 0.3 is 6.18 Å². The van der Waals surface area contributed by atoms with Gasteiger partial charge in [0.1, 0.15) is 30.5 Å². The largest absolute Gasteiger partial charge is 0.497 e. The van der Waals surface area contributed by atoms with Crippen molar-refractivity contribution in [3.8, 4) is 34.3 Å². The first-order valence-corrected chi connectivity index (χ1v) is 15.5. The number of benzene rings is 3. The molecule has 0 aliphatic carbocycles. The Balaban J connectivity index is 1.40. The predicted octanol–water partition coefficient (Wildman–Crippen LogP) is 8.27. The summed E-state index contributed by atoms with van der Waals surface area (Å²) in [6.07, 6.45) is -1.81. The number of pyridine rings is 1. The second kappa shape index (κ2) is 17.4. The van der Waals surface area contributed by atoms with Crippen molar-refractivity contribution in [1.29, 1.82) is 0 Å². The van der Waals surface area contributed by atoms with E-state index in [2.05, 4.69) is 10.3 Å². The van der Waals surface area contributed by atoms with Crippen LogP contribution >= 0.6 is 0 Å². The van der Waals surface area contributed by atoms with E-state index in [1.165, 1.54) is 24.4 Å². The highest BCUT2D eigenvalue weighted by atomic mass is 19.4. The third-order valence-corrected chi connectivity index (χ3v) is 7.09. The Morgan fingerprint density at radius 1 is 0.854 bits per heavy atom. The van der Waals surface area contributed by atoms with E-state index in [1.807, 2.05) is 38.1 Å². The Morgan fingerprint density at radius 2 is 1.65 bits per heavy atom. The van der Waals surface area contributed by atoms with Crippen molar-refractivity contribution in [1.82, 2.24) is 4.98 Å². The number of rotatable bonds is 17. The molecule has 1 N–H and O–H groups in total. The van der Waals surface area contributed by atoms with E-state index in [9.17, 15) is 18.0 Å². The molecule has 0 atom stereocenters. The fourth-order valence-corrected chi connectivity index (χ4v) is 4.59. The number of methoxy groups -OCH3 is 1. The van der Waals surface area contributed by atoms with Crippen LogP contribution in [0.15, 0.2) is 72.9 Å². The quantitative estimate of drug-likeness (QED) is 0.0894. The first-order chi connectivity index (χ1) is 23.1. The fraction of sp³-hybridized carbons (Fsp3) is 0.333. The smallest absolute Gasteiger partial charge is 0.420 e. The molecule has 8 nitrogen and oxygen atoms in total. The van der Waals surface area contributed by atoms with Gasteiger partial charge in [-0.25, -0.2) is 9.37 Å². The van der Waals surface area contributed by atoms with Crippen molar-refractivity contribution in [2.45, 2.75) is 45.9 Å². The van der Waals surface area contributed by atoms with Crippen molar-refractivity contribution in [3.05, 3.63) is 95.4 Å². The van der Waals surface area contributed by atoms with Gasteiger partial charge < -0.3 is 29.0 Å². The summed E-state index contributed by atoms with van der Waals surface area (Å²) in [5.74, 6) is -0.352. The molecule has 1 aromatic heterocycles. The van der Waals surface area contributed by atoms with Gasteiger partial charge in [0.05, 0.1) is 32.3 Å². The zero-order valence-electron chi connectivity index (χ0n) is 27.0. The molecule has 0 fully saturated rings. The lowest BCUT2D eigenvalue weighted by Crippen LogP contribution is -2.17. The molecule has 4 aromatic rings. The second-order valence-electron chi connectivity index (χ2n) is 10.7. The molecule has 1 heterocycles. The molecular weight excluding hydrogens is 632 g/mol. The summed E-state index contributed by atoms with van der Waals surface area (Å²) in [5, 5.41) is 2.42. The lowest BCUT2D eigenvalue weighted by Gasteiger charge is -2.16. The monoisotopic (exact) mass is 670 g/mol. The molecule has 0 unspecified atom stereocenters. The summed E-state index contributed by atoms with van der Waals surface area (Å²) >= 11 is 0. The maximum Gasteiger partial charge on any atom is 0.420 e. The number of anilines is 1. The van der Waals surface area contributed by atoms with E-state index in [-0.39, 0.29) is 42.7 Å². The molecule has 12 heteroatoms. The Hall–Kier alpha value is -4.84. The Labute approximate surface area is 277 Å². The van der Waals surface area contributed by atoms with Crippen LogP contribution in [-0.4, -0.2) is 44.4 Å². The highest BCUT2D eigenvalue weighted by molar-refractivity contribution is 5.92. The Bertz CT molecular complexity index is 1650. The zero-order chi connectivity index (χ0) is 34.5. The number of nitrogens with one attached hydrogen (secondary N) is 1. The number of hydrogen-bond acceptors (Lipinski definition) is 7. The molecule has 3 aromatic carbocycles. The summed E-state index contributed by atoms with van der Waals surface area (Å²) in [4.78, 5) is 17.1. The standard InChI is InChI=1S/C36H38F4N2O6/c1-4-6-15-45-16-17-47-32-14-11-28(21-30(32)36(38,39)40)42-34(43)20-26-10-9-25(18-31(26)37)27-19-33(46-5-2)35(41-22-27)48-23-24-7-12-29(44-3)13-8-24/h7-14,18-19,21-22H,4-6,15-17,20,23H2,1-3H3,(H,42,43). The SMILES string of the molecule is CCCCOCCOc1ccc(NC(=O)Cc2ccc(-c3cnc(OCc4ccc(OC)cc4)c(OCC)c3)cc2F)cc1C(F)(F)F. The predicted molar refractivity (Wildman–Crippen MR) is 173 cm³/mol. The number of unbranched alkanes of at least 4 members (excludes halogenated alkanes) is 1. The number of alkyl halides is 3. The van der Waals surface area contributed by atoms with Gasteiger partial charge in [-0.2, -0.15) is 13.2 Å². The molecule has 0 aliphatic heterocycles. The molecule has 0 aliphatic rings. The van der Waals surface area contributed by atoms with Gasteiger partial charge in [0.25, 0.3) is 5.88 Å². The molecule has 256 valence electrons. The van der Waals surface area contributed by atoms with Crippen molar-refractivity contribution >= 4 is 11.6 Å². The van der Waals surface area contributed by atoms with Gasteiger partial charge in [-0.15, -0.1) is 0 Å². The Kier molecular flexibility index (Phi) is 13.0. The molecular formula is C36H38F4N2O6. The normalized spacial score (nSPS) is 11.2. The van der Waals surface area contributed by atoms with Gasteiger partial charge in [0.2, 0.25) is 5.91 Å². The van der Waals surface area contributed by atoms with Gasteiger partial charge in [-0.3, -0.25) is 4.79 Å². The van der Waals surface area contributed by atoms with Crippen LogP contribution in [0, 0.1) is 5.82 Å². The van der Waals surface area contributed by atoms with Crippen LogP contribution in [0.2, 0.25) is 0 Å². The summed E-state index contributed by atoms with van der Waals surface area (Å²) in [6, 6.07) is 16.6. The number of carbonyl (C=O) groups excluding carboxylic acids is 1. The van der Waals surface area contributed by atoms with Crippen LogP contribution in [-0.2, 0) is 28.7 Å². The number of halogens is 4. The molecule has 4 rings (SSSR count). The molecule has 0 saturated heterocycles. The number of ether oxygens (including phenoxy) is 5. The number of amides is 1. The first kappa shape index (κ1) is 36.0. The lowest BCUT2D eigenvalue weighted by molar-refractivity contribution is -0.139. The fourth-order valence-electron chi connectivity index (χ4n) is 4.59. The van der Waals surface area contributed by atoms with E-state index < -0.39 is 29.9 Å². The molecule has 1 amide bonds. The molecule has 0 bridgehead atoms. The number of hydrogen-bond donors (Lipinski definition) is 1. The summed E-state index contributed by atoms with van der Waals surface area (Å²) in [6.45, 7) is 5.00. The minimum absolute atomic E-state index is 0.0563. The summed E-state index contributed by atoms with van der Waals surface area (Å²) in [5.41, 5.74) is 0.860. The minimum Gasteiger partial charge on any atom is -0.497 e. The van der Waals surface area contributed by atoms with E-state index in [0.29, 0.717) is 30.1 Å². The average molecular weight is 671 g/mol. The molecule has 48 heavy (non-hydrogen) atoms.